The summed E-state index contributed by atoms with van der Waals surface area (Å²) in [4.78, 5) is 0. The quantitative estimate of drug-likeness (QED) is 0.337. The highest BCUT2D eigenvalue weighted by molar-refractivity contribution is 4.95. The number of aliphatic hydroxyl groups excluding tert-OH is 5. The van der Waals surface area contributed by atoms with Gasteiger partial charge in [0.15, 0.2) is 0 Å². The van der Waals surface area contributed by atoms with Crippen LogP contribution in [0.2, 0.25) is 0 Å². The maximum absolute atomic E-state index is 9.29. The molecule has 5 N–H and O–H groups in total. The van der Waals surface area contributed by atoms with Gasteiger partial charge < -0.3 is 25.5 Å². The molecule has 14 heavy (non-hydrogen) atoms. The first-order chi connectivity index (χ1) is 6.54. The fourth-order valence-corrected chi connectivity index (χ4v) is 0.927. The minimum atomic E-state index is -1.56. The van der Waals surface area contributed by atoms with E-state index in [0.29, 0.717) is 6.42 Å². The molecule has 0 saturated heterocycles. The minimum absolute atomic E-state index is 0.664. The zero-order valence-corrected chi connectivity index (χ0v) is 8.11. The molecule has 4 atom stereocenters. The van der Waals surface area contributed by atoms with E-state index in [1.165, 1.54) is 6.08 Å². The Morgan fingerprint density at radius 1 is 1.07 bits per heavy atom. The van der Waals surface area contributed by atoms with Crippen molar-refractivity contribution in [1.29, 1.82) is 0 Å². The molecule has 0 aliphatic rings. The van der Waals surface area contributed by atoms with Gasteiger partial charge in [0.2, 0.25) is 0 Å². The lowest BCUT2D eigenvalue weighted by Gasteiger charge is -2.23. The molecule has 0 aromatic heterocycles. The summed E-state index contributed by atoms with van der Waals surface area (Å²) < 4.78 is 0. The van der Waals surface area contributed by atoms with Crippen LogP contribution >= 0.6 is 0 Å². The minimum Gasteiger partial charge on any atom is -0.394 e. The van der Waals surface area contributed by atoms with Crippen molar-refractivity contribution in [2.24, 2.45) is 0 Å². The van der Waals surface area contributed by atoms with Crippen molar-refractivity contribution in [1.82, 2.24) is 0 Å². The topological polar surface area (TPSA) is 101 Å². The number of hydrogen-bond donors (Lipinski definition) is 5. The van der Waals surface area contributed by atoms with Crippen molar-refractivity contribution < 1.29 is 25.5 Å². The number of hydrogen-bond acceptors (Lipinski definition) is 5. The van der Waals surface area contributed by atoms with Gasteiger partial charge in [0, 0.05) is 0 Å². The SMILES string of the molecule is CCC=C[C@H](O)[C@H](O)[C@H](O)[C@H](O)CO. The first-order valence-corrected chi connectivity index (χ1v) is 4.54. The van der Waals surface area contributed by atoms with Crippen LogP contribution in [0.5, 0.6) is 0 Å². The predicted molar refractivity (Wildman–Crippen MR) is 50.5 cm³/mol. The highest BCUT2D eigenvalue weighted by Gasteiger charge is 2.28. The van der Waals surface area contributed by atoms with Gasteiger partial charge in [-0.25, -0.2) is 0 Å². The van der Waals surface area contributed by atoms with Crippen LogP contribution in [-0.2, 0) is 0 Å². The lowest BCUT2D eigenvalue weighted by atomic mass is 10.0. The average molecular weight is 206 g/mol. The summed E-state index contributed by atoms with van der Waals surface area (Å²) in [5.74, 6) is 0. The van der Waals surface area contributed by atoms with Gasteiger partial charge in [0.05, 0.1) is 6.61 Å². The summed E-state index contributed by atoms with van der Waals surface area (Å²) in [5.41, 5.74) is 0. The Balaban J connectivity index is 4.15. The Hall–Kier alpha value is -0.460. The van der Waals surface area contributed by atoms with E-state index in [4.69, 9.17) is 10.2 Å². The molecule has 0 fully saturated rings. The Morgan fingerprint density at radius 3 is 2.07 bits per heavy atom. The zero-order chi connectivity index (χ0) is 11.1. The monoisotopic (exact) mass is 206 g/mol. The Labute approximate surface area is 82.9 Å². The van der Waals surface area contributed by atoms with Crippen LogP contribution in [-0.4, -0.2) is 56.6 Å². The number of aliphatic hydroxyl groups is 5. The molecule has 0 aromatic carbocycles. The third-order valence-corrected chi connectivity index (χ3v) is 1.85. The van der Waals surface area contributed by atoms with Crippen molar-refractivity contribution >= 4 is 0 Å². The molecule has 0 aliphatic heterocycles. The highest BCUT2D eigenvalue weighted by atomic mass is 16.4. The van der Waals surface area contributed by atoms with Crippen LogP contribution in [0.3, 0.4) is 0 Å². The van der Waals surface area contributed by atoms with Gasteiger partial charge in [-0.05, 0) is 6.42 Å². The van der Waals surface area contributed by atoms with Crippen LogP contribution in [0.25, 0.3) is 0 Å². The molecular formula is C9H18O5. The van der Waals surface area contributed by atoms with Crippen LogP contribution in [0, 0.1) is 0 Å². The summed E-state index contributed by atoms with van der Waals surface area (Å²) in [6, 6.07) is 0. The van der Waals surface area contributed by atoms with Gasteiger partial charge in [0.25, 0.3) is 0 Å². The van der Waals surface area contributed by atoms with Crippen molar-refractivity contribution in [2.45, 2.75) is 37.8 Å². The molecule has 0 heterocycles. The molecule has 0 aliphatic carbocycles. The van der Waals surface area contributed by atoms with E-state index in [0.717, 1.165) is 0 Å². The summed E-state index contributed by atoms with van der Waals surface area (Å²) in [6.07, 6.45) is -2.09. The van der Waals surface area contributed by atoms with Crippen LogP contribution in [0.15, 0.2) is 12.2 Å². The zero-order valence-electron chi connectivity index (χ0n) is 8.11. The van der Waals surface area contributed by atoms with Crippen molar-refractivity contribution in [3.8, 4) is 0 Å². The van der Waals surface area contributed by atoms with Gasteiger partial charge in [-0.2, -0.15) is 0 Å². The first-order valence-electron chi connectivity index (χ1n) is 4.54. The van der Waals surface area contributed by atoms with E-state index in [1.54, 1.807) is 6.08 Å². The lowest BCUT2D eigenvalue weighted by Crippen LogP contribution is -2.45. The molecule has 0 unspecified atom stereocenters. The molecule has 0 amide bonds. The van der Waals surface area contributed by atoms with Crippen molar-refractivity contribution in [3.63, 3.8) is 0 Å². The second-order valence-electron chi connectivity index (χ2n) is 3.06. The summed E-state index contributed by atoms with van der Waals surface area (Å²) in [5, 5.41) is 45.2. The van der Waals surface area contributed by atoms with Crippen LogP contribution in [0.4, 0.5) is 0 Å². The normalized spacial score (nSPS) is 20.7. The molecule has 0 aromatic rings. The predicted octanol–water partition coefficient (Wildman–Crippen LogP) is -1.61. The van der Waals surface area contributed by atoms with Crippen molar-refractivity contribution in [3.05, 3.63) is 12.2 Å². The fourth-order valence-electron chi connectivity index (χ4n) is 0.927. The molecule has 5 nitrogen and oxygen atoms in total. The van der Waals surface area contributed by atoms with Gasteiger partial charge in [-0.15, -0.1) is 0 Å². The van der Waals surface area contributed by atoms with Gasteiger partial charge in [-0.3, -0.25) is 0 Å². The van der Waals surface area contributed by atoms with E-state index in [-0.39, 0.29) is 0 Å². The van der Waals surface area contributed by atoms with Gasteiger partial charge >= 0.3 is 0 Å². The van der Waals surface area contributed by atoms with E-state index in [9.17, 15) is 15.3 Å². The van der Waals surface area contributed by atoms with Crippen LogP contribution < -0.4 is 0 Å². The Bertz CT molecular complexity index is 171. The van der Waals surface area contributed by atoms with E-state index in [1.807, 2.05) is 6.92 Å². The number of allylic oxidation sites excluding steroid dienone is 1. The molecule has 0 bridgehead atoms. The highest BCUT2D eigenvalue weighted by Crippen LogP contribution is 2.06. The summed E-state index contributed by atoms with van der Waals surface area (Å²) in [7, 11) is 0. The Morgan fingerprint density at radius 2 is 1.64 bits per heavy atom. The van der Waals surface area contributed by atoms with E-state index in [2.05, 4.69) is 0 Å². The second kappa shape index (κ2) is 6.92. The van der Waals surface area contributed by atoms with E-state index < -0.39 is 31.0 Å². The maximum Gasteiger partial charge on any atom is 0.112 e. The van der Waals surface area contributed by atoms with Gasteiger partial charge in [-0.1, -0.05) is 19.1 Å². The molecule has 0 radical (unpaired) electrons. The third-order valence-electron chi connectivity index (χ3n) is 1.85. The standard InChI is InChI=1S/C9H18O5/c1-2-3-4-6(11)8(13)9(14)7(12)5-10/h3-4,6-14H,2,5H2,1H3/t6-,7+,8-,9+/m0/s1. The molecule has 0 saturated carbocycles. The average Bonchev–Trinajstić information content (AvgIpc) is 2.22. The fraction of sp³-hybridized carbons (Fsp3) is 0.778. The molecule has 0 rings (SSSR count). The smallest absolute Gasteiger partial charge is 0.112 e. The maximum atomic E-state index is 9.29. The van der Waals surface area contributed by atoms with Gasteiger partial charge in [0.1, 0.15) is 24.4 Å². The summed E-state index contributed by atoms with van der Waals surface area (Å²) in [6.45, 7) is 1.19. The van der Waals surface area contributed by atoms with Crippen LogP contribution in [0.1, 0.15) is 13.3 Å². The van der Waals surface area contributed by atoms with E-state index >= 15 is 0 Å². The van der Waals surface area contributed by atoms with Crippen molar-refractivity contribution in [2.75, 3.05) is 6.61 Å². The lowest BCUT2D eigenvalue weighted by molar-refractivity contribution is -0.104. The second-order valence-corrected chi connectivity index (χ2v) is 3.06. The largest absolute Gasteiger partial charge is 0.394 e. The first kappa shape index (κ1) is 13.5. The Kier molecular flexibility index (Phi) is 6.69. The summed E-state index contributed by atoms with van der Waals surface area (Å²) >= 11 is 0. The third kappa shape index (κ3) is 4.17. The molecule has 0 spiro atoms. The number of rotatable bonds is 6. The molecular weight excluding hydrogens is 188 g/mol. The molecule has 84 valence electrons. The molecule has 5 heteroatoms.